The fourth-order valence-electron chi connectivity index (χ4n) is 5.42. The lowest BCUT2D eigenvalue weighted by Crippen LogP contribution is -2.55. The van der Waals surface area contributed by atoms with Crippen LogP contribution < -0.4 is 0 Å². The molecule has 0 N–H and O–H groups in total. The summed E-state index contributed by atoms with van der Waals surface area (Å²) < 4.78 is 38.3. The maximum absolute atomic E-state index is 12.2. The van der Waals surface area contributed by atoms with E-state index < -0.39 is 10.0 Å². The van der Waals surface area contributed by atoms with Crippen molar-refractivity contribution in [2.45, 2.75) is 30.6 Å². The van der Waals surface area contributed by atoms with E-state index in [0.717, 1.165) is 69.0 Å². The molecular formula is C23H35ClN6O4S2. The van der Waals surface area contributed by atoms with Crippen molar-refractivity contribution in [2.75, 3.05) is 78.4 Å². The maximum atomic E-state index is 12.2. The average molecular weight is 559 g/mol. The van der Waals surface area contributed by atoms with Gasteiger partial charge in [0.2, 0.25) is 10.0 Å². The highest BCUT2D eigenvalue weighted by Gasteiger charge is 2.38. The van der Waals surface area contributed by atoms with Crippen molar-refractivity contribution < 1.29 is 17.9 Å². The minimum absolute atomic E-state index is 0.00479. The number of thiophene rings is 1. The van der Waals surface area contributed by atoms with Gasteiger partial charge in [-0.2, -0.15) is 0 Å². The number of rotatable bonds is 8. The first-order valence-corrected chi connectivity index (χ1v) is 15.7. The van der Waals surface area contributed by atoms with Crippen molar-refractivity contribution in [3.63, 3.8) is 0 Å². The maximum Gasteiger partial charge on any atom is 0.211 e. The second-order valence-electron chi connectivity index (χ2n) is 9.66. The molecule has 0 radical (unpaired) electrons. The Kier molecular flexibility index (Phi) is 8.76. The van der Waals surface area contributed by atoms with Gasteiger partial charge in [-0.15, -0.1) is 11.3 Å². The summed E-state index contributed by atoms with van der Waals surface area (Å²) in [6.07, 6.45) is 6.37. The van der Waals surface area contributed by atoms with Crippen LogP contribution in [-0.2, 0) is 19.5 Å². The quantitative estimate of drug-likeness (QED) is 0.448. The van der Waals surface area contributed by atoms with E-state index in [2.05, 4.69) is 30.7 Å². The first-order chi connectivity index (χ1) is 17.4. The Morgan fingerprint density at radius 1 is 1.19 bits per heavy atom. The molecule has 3 fully saturated rings. The highest BCUT2D eigenvalue weighted by molar-refractivity contribution is 7.88. The number of fused-ring (bicyclic) bond motifs is 1. The molecule has 0 aliphatic carbocycles. The fraction of sp³-hybridized carbons (Fsp3) is 0.739. The number of hydrogen-bond donors (Lipinski definition) is 0. The van der Waals surface area contributed by atoms with Crippen LogP contribution in [-0.4, -0.2) is 127 Å². The third-order valence-corrected chi connectivity index (χ3v) is 9.99. The molecule has 5 heterocycles. The highest BCUT2D eigenvalue weighted by Crippen LogP contribution is 2.37. The van der Waals surface area contributed by atoms with E-state index in [9.17, 15) is 8.42 Å². The lowest BCUT2D eigenvalue weighted by molar-refractivity contribution is -0.0693. The van der Waals surface area contributed by atoms with E-state index in [1.165, 1.54) is 11.1 Å². The Bertz CT molecular complexity index is 1070. The number of hydrogen-bond acceptors (Lipinski definition) is 10. The van der Waals surface area contributed by atoms with Crippen molar-refractivity contribution in [3.8, 4) is 0 Å². The molecule has 0 spiro atoms. The molecule has 0 aromatic carbocycles. The van der Waals surface area contributed by atoms with Crippen molar-refractivity contribution in [1.29, 1.82) is 0 Å². The lowest BCUT2D eigenvalue weighted by atomic mass is 10.0. The number of ether oxygens (including phenoxy) is 2. The van der Waals surface area contributed by atoms with Gasteiger partial charge in [0.25, 0.3) is 0 Å². The summed E-state index contributed by atoms with van der Waals surface area (Å²) >= 11 is 8.21. The minimum Gasteiger partial charge on any atom is -0.379 e. The summed E-state index contributed by atoms with van der Waals surface area (Å²) in [5.74, 6) is 0. The van der Waals surface area contributed by atoms with Gasteiger partial charge in [0.1, 0.15) is 11.9 Å². The van der Waals surface area contributed by atoms with Gasteiger partial charge < -0.3 is 9.47 Å². The third-order valence-electron chi connectivity index (χ3n) is 7.32. The Hall–Kier alpha value is -0.960. The van der Waals surface area contributed by atoms with E-state index in [0.29, 0.717) is 26.2 Å². The lowest BCUT2D eigenvalue weighted by Gasteiger charge is -2.47. The van der Waals surface area contributed by atoms with Gasteiger partial charge in [0.05, 0.1) is 42.5 Å². The molecule has 2 aromatic rings. The summed E-state index contributed by atoms with van der Waals surface area (Å²) in [7, 11) is -3.19. The van der Waals surface area contributed by atoms with Crippen LogP contribution in [0.1, 0.15) is 23.9 Å². The molecular weight excluding hydrogens is 524 g/mol. The monoisotopic (exact) mass is 558 g/mol. The van der Waals surface area contributed by atoms with Gasteiger partial charge in [-0.1, -0.05) is 11.6 Å². The summed E-state index contributed by atoms with van der Waals surface area (Å²) in [5.41, 5.74) is 0.592. The molecule has 0 amide bonds. The second-order valence-corrected chi connectivity index (χ2v) is 13.2. The molecule has 13 heteroatoms. The van der Waals surface area contributed by atoms with E-state index in [-0.39, 0.29) is 17.8 Å². The molecule has 200 valence electrons. The smallest absolute Gasteiger partial charge is 0.211 e. The van der Waals surface area contributed by atoms with E-state index >= 15 is 0 Å². The van der Waals surface area contributed by atoms with Crippen LogP contribution in [0.3, 0.4) is 0 Å². The summed E-state index contributed by atoms with van der Waals surface area (Å²) in [6.45, 7) is 8.29. The predicted octanol–water partition coefficient (Wildman–Crippen LogP) is 1.65. The van der Waals surface area contributed by atoms with E-state index in [1.54, 1.807) is 22.0 Å². The van der Waals surface area contributed by atoms with Crippen LogP contribution in [0.25, 0.3) is 10.2 Å². The van der Waals surface area contributed by atoms with Gasteiger partial charge in [-0.25, -0.2) is 22.7 Å². The topological polar surface area (TPSA) is 91.3 Å². The Labute approximate surface area is 222 Å². The number of morpholine rings is 2. The molecule has 3 saturated heterocycles. The summed E-state index contributed by atoms with van der Waals surface area (Å²) in [4.78, 5) is 17.4. The van der Waals surface area contributed by atoms with Gasteiger partial charge in [0, 0.05) is 69.5 Å². The molecule has 0 saturated carbocycles. The van der Waals surface area contributed by atoms with Gasteiger partial charge in [0.15, 0.2) is 0 Å². The van der Waals surface area contributed by atoms with E-state index in [4.69, 9.17) is 21.1 Å². The number of piperidine rings is 1. The largest absolute Gasteiger partial charge is 0.379 e. The number of nitrogens with zero attached hydrogens (tertiary/aromatic N) is 6. The Balaban J connectivity index is 1.46. The number of aromatic nitrogens is 2. The van der Waals surface area contributed by atoms with Crippen LogP contribution in [0.4, 0.5) is 0 Å². The van der Waals surface area contributed by atoms with Crippen molar-refractivity contribution in [1.82, 2.24) is 29.0 Å². The molecule has 2 atom stereocenters. The first kappa shape index (κ1) is 26.6. The molecule has 3 aliphatic heterocycles. The summed E-state index contributed by atoms with van der Waals surface area (Å²) in [5, 5.41) is 0. The Morgan fingerprint density at radius 2 is 1.97 bits per heavy atom. The van der Waals surface area contributed by atoms with Crippen molar-refractivity contribution >= 4 is 43.2 Å². The van der Waals surface area contributed by atoms with Gasteiger partial charge >= 0.3 is 0 Å². The highest BCUT2D eigenvalue weighted by atomic mass is 35.5. The molecule has 0 bridgehead atoms. The first-order valence-electron chi connectivity index (χ1n) is 12.6. The molecule has 3 aliphatic rings. The SMILES string of the molecule is CS(=O)(=O)N1CCC(N(CCN2CCOCC2)C(c2cc3ncncc3s2)N2CCOC(Cl)C2)CC1. The summed E-state index contributed by atoms with van der Waals surface area (Å²) in [6, 6.07) is 2.43. The van der Waals surface area contributed by atoms with Gasteiger partial charge in [-0.05, 0) is 18.9 Å². The number of alkyl halides is 1. The molecule has 5 rings (SSSR count). The van der Waals surface area contributed by atoms with Crippen LogP contribution in [0, 0.1) is 0 Å². The average Bonchev–Trinajstić information content (AvgIpc) is 3.30. The fourth-order valence-corrected chi connectivity index (χ4v) is 7.71. The zero-order valence-electron chi connectivity index (χ0n) is 20.7. The van der Waals surface area contributed by atoms with Crippen molar-refractivity contribution in [2.24, 2.45) is 0 Å². The third kappa shape index (κ3) is 6.36. The van der Waals surface area contributed by atoms with Crippen molar-refractivity contribution in [3.05, 3.63) is 23.5 Å². The molecule has 10 nitrogen and oxygen atoms in total. The molecule has 2 aromatic heterocycles. The predicted molar refractivity (Wildman–Crippen MR) is 141 cm³/mol. The minimum atomic E-state index is -3.19. The van der Waals surface area contributed by atoms with Crippen LogP contribution in [0.15, 0.2) is 18.6 Å². The zero-order chi connectivity index (χ0) is 25.1. The standard InChI is InChI=1S/C23H35ClN6O4S2/c1-36(31,32)29-4-2-18(3-5-29)30(7-6-27-8-11-33-12-9-27)23(28-10-13-34-22(24)16-28)20-14-19-21(35-20)15-25-17-26-19/h14-15,17-18,22-23H,2-13,16H2,1H3. The zero-order valence-corrected chi connectivity index (χ0v) is 23.1. The molecule has 2 unspecified atom stereocenters. The van der Waals surface area contributed by atoms with Crippen LogP contribution in [0.2, 0.25) is 0 Å². The number of halogens is 1. The van der Waals surface area contributed by atoms with Crippen LogP contribution in [0.5, 0.6) is 0 Å². The van der Waals surface area contributed by atoms with E-state index in [1.807, 2.05) is 6.20 Å². The van der Waals surface area contributed by atoms with Gasteiger partial charge in [-0.3, -0.25) is 14.7 Å². The van der Waals surface area contributed by atoms with Crippen LogP contribution >= 0.6 is 22.9 Å². The molecule has 36 heavy (non-hydrogen) atoms. The number of sulfonamides is 1. The Morgan fingerprint density at radius 3 is 2.67 bits per heavy atom. The normalized spacial score (nSPS) is 25.0. The second kappa shape index (κ2) is 11.8.